The summed E-state index contributed by atoms with van der Waals surface area (Å²) in [6.07, 6.45) is 2.52. The molecule has 114 valence electrons. The van der Waals surface area contributed by atoms with Gasteiger partial charge in [-0.05, 0) is 45.0 Å². The Balaban J connectivity index is 1.97. The van der Waals surface area contributed by atoms with Crippen molar-refractivity contribution in [1.29, 1.82) is 0 Å². The average molecular weight is 319 g/mol. The molecule has 0 atom stereocenters. The van der Waals surface area contributed by atoms with E-state index in [0.717, 1.165) is 11.5 Å². The molecule has 0 bridgehead atoms. The summed E-state index contributed by atoms with van der Waals surface area (Å²) in [7, 11) is 0. The van der Waals surface area contributed by atoms with Crippen LogP contribution in [0.5, 0.6) is 0 Å². The van der Waals surface area contributed by atoms with Crippen LogP contribution in [0.3, 0.4) is 0 Å². The lowest BCUT2D eigenvalue weighted by molar-refractivity contribution is 0.522. The van der Waals surface area contributed by atoms with Crippen molar-refractivity contribution in [2.24, 2.45) is 4.99 Å². The van der Waals surface area contributed by atoms with Crippen LogP contribution in [0.25, 0.3) is 5.70 Å². The summed E-state index contributed by atoms with van der Waals surface area (Å²) in [5.41, 5.74) is 1.89. The zero-order valence-corrected chi connectivity index (χ0v) is 13.4. The zero-order valence-electron chi connectivity index (χ0n) is 12.6. The molecule has 0 saturated heterocycles. The molecule has 0 spiro atoms. The van der Waals surface area contributed by atoms with Crippen LogP contribution in [0.1, 0.15) is 43.5 Å². The highest BCUT2D eigenvalue weighted by molar-refractivity contribution is 6.30. The maximum absolute atomic E-state index is 14.0. The van der Waals surface area contributed by atoms with E-state index in [1.165, 1.54) is 6.07 Å². The molecule has 6 heteroatoms. The molecule has 0 saturated carbocycles. The number of halogens is 2. The molecule has 3 rings (SSSR count). The Labute approximate surface area is 133 Å². The van der Waals surface area contributed by atoms with Gasteiger partial charge in [0.15, 0.2) is 5.82 Å². The summed E-state index contributed by atoms with van der Waals surface area (Å²) < 4.78 is 15.9. The minimum absolute atomic E-state index is 0.184. The van der Waals surface area contributed by atoms with Gasteiger partial charge < -0.3 is 0 Å². The lowest BCUT2D eigenvalue weighted by atomic mass is 10.1. The van der Waals surface area contributed by atoms with Gasteiger partial charge in [-0.25, -0.2) is 19.0 Å². The van der Waals surface area contributed by atoms with Gasteiger partial charge in [-0.2, -0.15) is 5.10 Å². The van der Waals surface area contributed by atoms with Gasteiger partial charge >= 0.3 is 0 Å². The minimum atomic E-state index is -0.359. The maximum Gasteiger partial charge on any atom is 0.176 e. The number of rotatable bonds is 3. The molecule has 0 N–H and O–H groups in total. The lowest BCUT2D eigenvalue weighted by Crippen LogP contribution is -2.07. The Hall–Kier alpha value is -2.01. The van der Waals surface area contributed by atoms with Gasteiger partial charge in [0.05, 0.1) is 5.71 Å². The van der Waals surface area contributed by atoms with E-state index < -0.39 is 0 Å². The lowest BCUT2D eigenvalue weighted by Gasteiger charge is -2.08. The third-order valence-electron chi connectivity index (χ3n) is 3.44. The van der Waals surface area contributed by atoms with Crippen LogP contribution in [0.2, 0.25) is 5.02 Å². The van der Waals surface area contributed by atoms with Crippen molar-refractivity contribution in [2.45, 2.75) is 33.2 Å². The minimum Gasteiger partial charge on any atom is -0.249 e. The first-order chi connectivity index (χ1) is 10.5. The molecular weight excluding hydrogens is 303 g/mol. The molecular formula is C16H16ClFN4. The van der Waals surface area contributed by atoms with Crippen molar-refractivity contribution in [3.63, 3.8) is 0 Å². The second-order valence-corrected chi connectivity index (χ2v) is 5.93. The molecule has 1 aliphatic rings. The molecule has 1 aromatic carbocycles. The Morgan fingerprint density at radius 1 is 1.32 bits per heavy atom. The standard InChI is InChI=1S/C16H16ClFN4/c1-9(2)22-16(19-10(3)21-22)15-7-6-14(20-15)12-5-4-11(17)8-13(12)18/h4-5,7-9H,6H2,1-3H3. The van der Waals surface area contributed by atoms with E-state index in [0.29, 0.717) is 28.5 Å². The van der Waals surface area contributed by atoms with Crippen molar-refractivity contribution in [1.82, 2.24) is 14.8 Å². The number of aromatic nitrogens is 3. The Bertz CT molecular complexity index is 789. The van der Waals surface area contributed by atoms with E-state index in [9.17, 15) is 4.39 Å². The molecule has 2 heterocycles. The summed E-state index contributed by atoms with van der Waals surface area (Å²) in [4.78, 5) is 8.99. The third-order valence-corrected chi connectivity index (χ3v) is 3.68. The highest BCUT2D eigenvalue weighted by atomic mass is 35.5. The van der Waals surface area contributed by atoms with Crippen molar-refractivity contribution >= 4 is 23.0 Å². The summed E-state index contributed by atoms with van der Waals surface area (Å²) in [5, 5.41) is 4.76. The van der Waals surface area contributed by atoms with Crippen LogP contribution in [0.4, 0.5) is 4.39 Å². The third kappa shape index (κ3) is 2.68. The SMILES string of the molecule is Cc1nc(C2=CCC(c3ccc(Cl)cc3F)=N2)n(C(C)C)n1. The predicted octanol–water partition coefficient (Wildman–Crippen LogP) is 4.19. The number of allylic oxidation sites excluding steroid dienone is 1. The summed E-state index contributed by atoms with van der Waals surface area (Å²) >= 11 is 5.79. The van der Waals surface area contributed by atoms with Crippen molar-refractivity contribution in [3.05, 3.63) is 52.3 Å². The van der Waals surface area contributed by atoms with Gasteiger partial charge in [0.2, 0.25) is 0 Å². The fraction of sp³-hybridized carbons (Fsp3) is 0.312. The quantitative estimate of drug-likeness (QED) is 0.851. The van der Waals surface area contributed by atoms with E-state index in [-0.39, 0.29) is 11.9 Å². The highest BCUT2D eigenvalue weighted by Crippen LogP contribution is 2.27. The summed E-state index contributed by atoms with van der Waals surface area (Å²) in [5.74, 6) is 1.06. The molecule has 1 aromatic heterocycles. The number of hydrogen-bond donors (Lipinski definition) is 0. The second-order valence-electron chi connectivity index (χ2n) is 5.50. The molecule has 0 aliphatic carbocycles. The Morgan fingerprint density at radius 3 is 2.77 bits per heavy atom. The zero-order chi connectivity index (χ0) is 15.9. The molecule has 0 fully saturated rings. The van der Waals surface area contributed by atoms with Crippen molar-refractivity contribution in [3.8, 4) is 0 Å². The smallest absolute Gasteiger partial charge is 0.176 e. The van der Waals surface area contributed by atoms with Crippen LogP contribution in [-0.4, -0.2) is 20.5 Å². The number of aliphatic imine (C=N–C) groups is 1. The van der Waals surface area contributed by atoms with Crippen LogP contribution in [0, 0.1) is 12.7 Å². The Kier molecular flexibility index (Phi) is 3.83. The van der Waals surface area contributed by atoms with Gasteiger partial charge in [-0.15, -0.1) is 0 Å². The first-order valence-corrected chi connectivity index (χ1v) is 7.50. The van der Waals surface area contributed by atoms with E-state index in [1.807, 2.05) is 31.5 Å². The van der Waals surface area contributed by atoms with Crippen LogP contribution in [-0.2, 0) is 0 Å². The summed E-state index contributed by atoms with van der Waals surface area (Å²) in [6.45, 7) is 5.93. The largest absolute Gasteiger partial charge is 0.249 e. The van der Waals surface area contributed by atoms with Gasteiger partial charge in [-0.1, -0.05) is 11.6 Å². The van der Waals surface area contributed by atoms with E-state index in [4.69, 9.17) is 11.6 Å². The number of aryl methyl sites for hydroxylation is 1. The first-order valence-electron chi connectivity index (χ1n) is 7.12. The number of hydrogen-bond acceptors (Lipinski definition) is 3. The first kappa shape index (κ1) is 14.9. The van der Waals surface area contributed by atoms with Crippen LogP contribution >= 0.6 is 11.6 Å². The highest BCUT2D eigenvalue weighted by Gasteiger charge is 2.20. The van der Waals surface area contributed by atoms with Gasteiger partial charge in [0, 0.05) is 23.0 Å². The number of nitrogens with zero attached hydrogens (tertiary/aromatic N) is 4. The summed E-state index contributed by atoms with van der Waals surface area (Å²) in [6, 6.07) is 4.81. The van der Waals surface area contributed by atoms with Crippen LogP contribution < -0.4 is 0 Å². The molecule has 4 nitrogen and oxygen atoms in total. The van der Waals surface area contributed by atoms with Crippen molar-refractivity contribution < 1.29 is 4.39 Å². The van der Waals surface area contributed by atoms with E-state index in [1.54, 1.807) is 12.1 Å². The molecule has 2 aromatic rings. The van der Waals surface area contributed by atoms with Crippen LogP contribution in [0.15, 0.2) is 29.3 Å². The van der Waals surface area contributed by atoms with Crippen molar-refractivity contribution in [2.75, 3.05) is 0 Å². The van der Waals surface area contributed by atoms with Gasteiger partial charge in [-0.3, -0.25) is 0 Å². The molecule has 22 heavy (non-hydrogen) atoms. The number of benzene rings is 1. The average Bonchev–Trinajstić information content (AvgIpc) is 3.05. The fourth-order valence-electron chi connectivity index (χ4n) is 2.43. The van der Waals surface area contributed by atoms with Gasteiger partial charge in [0.25, 0.3) is 0 Å². The molecule has 1 aliphatic heterocycles. The molecule has 0 unspecified atom stereocenters. The monoisotopic (exact) mass is 318 g/mol. The van der Waals surface area contributed by atoms with E-state index in [2.05, 4.69) is 15.1 Å². The molecule has 0 radical (unpaired) electrons. The predicted molar refractivity (Wildman–Crippen MR) is 85.7 cm³/mol. The normalized spacial score (nSPS) is 14.5. The second kappa shape index (κ2) is 5.65. The topological polar surface area (TPSA) is 43.1 Å². The maximum atomic E-state index is 14.0. The van der Waals surface area contributed by atoms with Gasteiger partial charge in [0.1, 0.15) is 17.3 Å². The molecule has 0 amide bonds. The Morgan fingerprint density at radius 2 is 2.09 bits per heavy atom. The van der Waals surface area contributed by atoms with E-state index >= 15 is 0 Å². The fourth-order valence-corrected chi connectivity index (χ4v) is 2.59.